The molecular weight excluding hydrogens is 580 g/mol. The number of carbonyl (C=O) groups is 2. The zero-order chi connectivity index (χ0) is 29.5. The molecule has 212 valence electrons. The molecule has 0 aliphatic carbocycles. The molecule has 1 unspecified atom stereocenters. The summed E-state index contributed by atoms with van der Waals surface area (Å²) < 4.78 is 22.6. The van der Waals surface area contributed by atoms with Gasteiger partial charge in [0.05, 0.1) is 36.9 Å². The molecule has 0 spiro atoms. The molecule has 6 rings (SSSR count). The highest BCUT2D eigenvalue weighted by Crippen LogP contribution is 2.45. The number of amides is 1. The number of aromatic nitrogens is 1. The van der Waals surface area contributed by atoms with Crippen LogP contribution in [-0.4, -0.2) is 31.1 Å². The van der Waals surface area contributed by atoms with Crippen LogP contribution >= 0.6 is 22.9 Å². The van der Waals surface area contributed by atoms with Crippen molar-refractivity contribution in [2.45, 2.75) is 19.6 Å². The number of carbonyl (C=O) groups excluding carboxylic acids is 2. The molecule has 2 aromatic heterocycles. The fourth-order valence-corrected chi connectivity index (χ4v) is 6.12. The fourth-order valence-electron chi connectivity index (χ4n) is 4.93. The number of hydrogen-bond acceptors (Lipinski definition) is 9. The summed E-state index contributed by atoms with van der Waals surface area (Å²) in [4.78, 5) is 46.4. The van der Waals surface area contributed by atoms with Crippen molar-refractivity contribution in [1.82, 2.24) is 4.98 Å². The molecule has 1 amide bonds. The molecule has 9 nitrogen and oxygen atoms in total. The third kappa shape index (κ3) is 4.68. The predicted molar refractivity (Wildman–Crippen MR) is 158 cm³/mol. The van der Waals surface area contributed by atoms with Crippen molar-refractivity contribution in [3.8, 4) is 11.5 Å². The molecule has 1 aliphatic rings. The summed E-state index contributed by atoms with van der Waals surface area (Å²) in [7, 11) is 2.78. The zero-order valence-electron chi connectivity index (χ0n) is 22.7. The van der Waals surface area contributed by atoms with Crippen LogP contribution in [0.5, 0.6) is 11.5 Å². The number of benzene rings is 3. The summed E-state index contributed by atoms with van der Waals surface area (Å²) in [6.07, 6.45) is 0. The van der Waals surface area contributed by atoms with Gasteiger partial charge in [-0.2, -0.15) is 0 Å². The van der Waals surface area contributed by atoms with Crippen LogP contribution in [0.15, 0.2) is 75.9 Å². The van der Waals surface area contributed by atoms with Gasteiger partial charge in [-0.15, -0.1) is 0 Å². The lowest BCUT2D eigenvalue weighted by atomic mass is 9.98. The Morgan fingerprint density at radius 1 is 1.05 bits per heavy atom. The Morgan fingerprint density at radius 3 is 2.57 bits per heavy atom. The number of hydrogen-bond donors (Lipinski definition) is 0. The van der Waals surface area contributed by atoms with Crippen LogP contribution in [0.3, 0.4) is 0 Å². The quantitative estimate of drug-likeness (QED) is 0.199. The van der Waals surface area contributed by atoms with Gasteiger partial charge >= 0.3 is 5.97 Å². The molecule has 1 atom stereocenters. The van der Waals surface area contributed by atoms with Gasteiger partial charge in [0.1, 0.15) is 17.1 Å². The lowest BCUT2D eigenvalue weighted by Gasteiger charge is -2.23. The second kappa shape index (κ2) is 11.0. The monoisotopic (exact) mass is 602 g/mol. The molecular formula is C31H23ClN2O7S. The van der Waals surface area contributed by atoms with Crippen LogP contribution in [0, 0.1) is 6.92 Å². The van der Waals surface area contributed by atoms with Crippen molar-refractivity contribution in [1.29, 1.82) is 0 Å². The fraction of sp³-hybridized carbons (Fsp3) is 0.161. The van der Waals surface area contributed by atoms with Crippen LogP contribution < -0.4 is 19.8 Å². The van der Waals surface area contributed by atoms with Gasteiger partial charge in [0.2, 0.25) is 5.76 Å². The van der Waals surface area contributed by atoms with Crippen LogP contribution in [0.4, 0.5) is 5.13 Å². The van der Waals surface area contributed by atoms with E-state index in [9.17, 15) is 14.4 Å². The van der Waals surface area contributed by atoms with E-state index in [4.69, 9.17) is 30.2 Å². The van der Waals surface area contributed by atoms with E-state index in [0.717, 1.165) is 16.9 Å². The number of nitrogens with zero attached hydrogens (tertiary/aromatic N) is 2. The molecule has 0 radical (unpaired) electrons. The maximum absolute atomic E-state index is 13.9. The highest BCUT2D eigenvalue weighted by molar-refractivity contribution is 7.17. The van der Waals surface area contributed by atoms with E-state index in [2.05, 4.69) is 4.98 Å². The molecule has 0 bridgehead atoms. The number of thiazole rings is 1. The van der Waals surface area contributed by atoms with Gasteiger partial charge in [-0.1, -0.05) is 59.3 Å². The molecule has 42 heavy (non-hydrogen) atoms. The van der Waals surface area contributed by atoms with E-state index in [1.165, 1.54) is 25.2 Å². The molecule has 0 fully saturated rings. The Hall–Kier alpha value is -4.67. The van der Waals surface area contributed by atoms with E-state index in [1.54, 1.807) is 37.3 Å². The first-order valence-electron chi connectivity index (χ1n) is 12.8. The molecule has 0 saturated heterocycles. The van der Waals surface area contributed by atoms with Crippen LogP contribution in [0.1, 0.15) is 48.7 Å². The Balaban J connectivity index is 1.50. The highest BCUT2D eigenvalue weighted by Gasteiger charge is 2.45. The third-order valence-electron chi connectivity index (χ3n) is 6.93. The Labute approximate surface area is 248 Å². The largest absolute Gasteiger partial charge is 0.493 e. The van der Waals surface area contributed by atoms with Crippen molar-refractivity contribution in [2.24, 2.45) is 0 Å². The first kappa shape index (κ1) is 27.5. The van der Waals surface area contributed by atoms with Gasteiger partial charge < -0.3 is 18.6 Å². The van der Waals surface area contributed by atoms with Gasteiger partial charge in [-0.3, -0.25) is 14.5 Å². The van der Waals surface area contributed by atoms with Crippen LogP contribution in [0.2, 0.25) is 5.02 Å². The maximum atomic E-state index is 13.9. The number of methoxy groups -OCH3 is 2. The van der Waals surface area contributed by atoms with E-state index in [-0.39, 0.29) is 32.3 Å². The standard InChI is InChI=1S/C31H23ClN2O7S/c1-16-28(30(37)39-3)42-31(33-16)34-25(24-26(35)20-14-19(32)10-12-21(20)41-27(24)29(34)36)18-9-11-22(23(13-18)38-2)40-15-17-7-5-4-6-8-17/h4-14,25H,15H2,1-3H3. The van der Waals surface area contributed by atoms with Crippen molar-refractivity contribution < 1.29 is 28.2 Å². The molecule has 0 saturated carbocycles. The third-order valence-corrected chi connectivity index (χ3v) is 8.31. The second-order valence-electron chi connectivity index (χ2n) is 9.48. The Bertz CT molecular complexity index is 1920. The maximum Gasteiger partial charge on any atom is 0.350 e. The number of fused-ring (bicyclic) bond motifs is 2. The van der Waals surface area contributed by atoms with Crippen LogP contribution in [0.25, 0.3) is 11.0 Å². The molecule has 1 aliphatic heterocycles. The van der Waals surface area contributed by atoms with Crippen molar-refractivity contribution in [2.75, 3.05) is 19.1 Å². The summed E-state index contributed by atoms with van der Waals surface area (Å²) in [5.41, 5.74) is 1.87. The highest BCUT2D eigenvalue weighted by atomic mass is 35.5. The van der Waals surface area contributed by atoms with Gasteiger partial charge in [-0.25, -0.2) is 9.78 Å². The molecule has 5 aromatic rings. The second-order valence-corrected chi connectivity index (χ2v) is 10.9. The number of anilines is 1. The Kier molecular flexibility index (Phi) is 7.17. The van der Waals surface area contributed by atoms with E-state index in [0.29, 0.717) is 34.4 Å². The summed E-state index contributed by atoms with van der Waals surface area (Å²) in [6, 6.07) is 18.6. The van der Waals surface area contributed by atoms with Gasteiger partial charge in [0.15, 0.2) is 22.1 Å². The predicted octanol–water partition coefficient (Wildman–Crippen LogP) is 6.34. The number of rotatable bonds is 7. The lowest BCUT2D eigenvalue weighted by molar-refractivity contribution is 0.0605. The lowest BCUT2D eigenvalue weighted by Crippen LogP contribution is -2.29. The van der Waals surface area contributed by atoms with Crippen molar-refractivity contribution >= 4 is 50.9 Å². The smallest absolute Gasteiger partial charge is 0.350 e. The summed E-state index contributed by atoms with van der Waals surface area (Å²) in [5.74, 6) is -0.374. The number of halogens is 1. The average Bonchev–Trinajstić information content (AvgIpc) is 3.53. The number of aryl methyl sites for hydroxylation is 1. The topological polar surface area (TPSA) is 108 Å². The summed E-state index contributed by atoms with van der Waals surface area (Å²) >= 11 is 7.19. The van der Waals surface area contributed by atoms with Crippen LogP contribution in [-0.2, 0) is 11.3 Å². The van der Waals surface area contributed by atoms with Gasteiger partial charge in [0, 0.05) is 5.02 Å². The molecule has 0 N–H and O–H groups in total. The molecule has 3 aromatic carbocycles. The summed E-state index contributed by atoms with van der Waals surface area (Å²) in [5, 5.41) is 0.799. The Morgan fingerprint density at radius 2 is 1.83 bits per heavy atom. The van der Waals surface area contributed by atoms with Gasteiger partial charge in [-0.05, 0) is 48.4 Å². The minimum absolute atomic E-state index is 0.115. The van der Waals surface area contributed by atoms with Crippen molar-refractivity contribution in [3.05, 3.63) is 115 Å². The van der Waals surface area contributed by atoms with E-state index >= 15 is 0 Å². The average molecular weight is 603 g/mol. The van der Waals surface area contributed by atoms with E-state index in [1.807, 2.05) is 30.3 Å². The number of ether oxygens (including phenoxy) is 3. The zero-order valence-corrected chi connectivity index (χ0v) is 24.2. The minimum Gasteiger partial charge on any atom is -0.493 e. The number of esters is 1. The normalized spacial score (nSPS) is 14.2. The molecule has 11 heteroatoms. The first-order chi connectivity index (χ1) is 20.3. The minimum atomic E-state index is -0.944. The van der Waals surface area contributed by atoms with Gasteiger partial charge in [0.25, 0.3) is 5.91 Å². The van der Waals surface area contributed by atoms with E-state index < -0.39 is 23.3 Å². The first-order valence-corrected chi connectivity index (χ1v) is 14.0. The van der Waals surface area contributed by atoms with Crippen molar-refractivity contribution in [3.63, 3.8) is 0 Å². The molecule has 3 heterocycles. The SMILES string of the molecule is COC(=O)c1sc(N2C(=O)c3oc4ccc(Cl)cc4c(=O)c3C2c2ccc(OCc3ccccc3)c(OC)c2)nc1C. The summed E-state index contributed by atoms with van der Waals surface area (Å²) in [6.45, 7) is 1.97.